The second-order valence-electron chi connectivity index (χ2n) is 6.09. The summed E-state index contributed by atoms with van der Waals surface area (Å²) in [6.07, 6.45) is -0.859. The molecule has 0 spiro atoms. The molecule has 0 radical (unpaired) electrons. The van der Waals surface area contributed by atoms with Gasteiger partial charge in [0.15, 0.2) is 0 Å². The molecule has 21 heavy (non-hydrogen) atoms. The summed E-state index contributed by atoms with van der Waals surface area (Å²) in [6, 6.07) is 0. The van der Waals surface area contributed by atoms with Crippen molar-refractivity contribution in [2.75, 3.05) is 13.1 Å². The number of carbonyl (C=O) groups excluding carboxylic acids is 1. The SMILES string of the molecule is CCC(CC)(CN)C(=O)NCC1CCCCC1C(F)(F)F. The fraction of sp³-hybridized carbons (Fsp3) is 0.933. The van der Waals surface area contributed by atoms with Crippen LogP contribution in [0.15, 0.2) is 0 Å². The van der Waals surface area contributed by atoms with Crippen molar-refractivity contribution in [1.29, 1.82) is 0 Å². The second kappa shape index (κ2) is 7.47. The Kier molecular flexibility index (Phi) is 6.50. The van der Waals surface area contributed by atoms with Crippen LogP contribution in [-0.4, -0.2) is 25.2 Å². The fourth-order valence-electron chi connectivity index (χ4n) is 3.25. The van der Waals surface area contributed by atoms with Crippen molar-refractivity contribution < 1.29 is 18.0 Å². The van der Waals surface area contributed by atoms with Crippen LogP contribution in [0.3, 0.4) is 0 Å². The molecule has 0 aromatic carbocycles. The molecule has 0 saturated heterocycles. The molecule has 0 bridgehead atoms. The van der Waals surface area contributed by atoms with E-state index in [1.807, 2.05) is 13.8 Å². The molecule has 0 heterocycles. The highest BCUT2D eigenvalue weighted by Gasteiger charge is 2.45. The lowest BCUT2D eigenvalue weighted by atomic mass is 9.78. The number of nitrogens with one attached hydrogen (secondary N) is 1. The summed E-state index contributed by atoms with van der Waals surface area (Å²) in [4.78, 5) is 12.3. The zero-order valence-electron chi connectivity index (χ0n) is 12.9. The summed E-state index contributed by atoms with van der Waals surface area (Å²) < 4.78 is 39.0. The Morgan fingerprint density at radius 2 is 1.76 bits per heavy atom. The molecular formula is C15H27F3N2O. The third-order valence-electron chi connectivity index (χ3n) is 5.08. The van der Waals surface area contributed by atoms with Gasteiger partial charge in [-0.15, -0.1) is 0 Å². The number of halogens is 3. The van der Waals surface area contributed by atoms with Crippen molar-refractivity contribution >= 4 is 5.91 Å². The Hall–Kier alpha value is -0.780. The molecule has 3 N–H and O–H groups in total. The molecule has 1 fully saturated rings. The van der Waals surface area contributed by atoms with Crippen LogP contribution in [0.2, 0.25) is 0 Å². The Bertz CT molecular complexity index is 332. The highest BCUT2D eigenvalue weighted by Crippen LogP contribution is 2.41. The minimum absolute atomic E-state index is 0.102. The van der Waals surface area contributed by atoms with Gasteiger partial charge in [-0.1, -0.05) is 26.7 Å². The van der Waals surface area contributed by atoms with E-state index in [0.29, 0.717) is 25.7 Å². The van der Waals surface area contributed by atoms with Gasteiger partial charge in [0.2, 0.25) is 5.91 Å². The second-order valence-corrected chi connectivity index (χ2v) is 6.09. The first kappa shape index (κ1) is 18.3. The topological polar surface area (TPSA) is 55.1 Å². The van der Waals surface area contributed by atoms with E-state index in [2.05, 4.69) is 5.32 Å². The summed E-state index contributed by atoms with van der Waals surface area (Å²) in [6.45, 7) is 4.09. The molecule has 1 amide bonds. The van der Waals surface area contributed by atoms with Gasteiger partial charge in [-0.3, -0.25) is 4.79 Å². The van der Waals surface area contributed by atoms with Crippen LogP contribution < -0.4 is 11.1 Å². The first-order valence-electron chi connectivity index (χ1n) is 7.85. The van der Waals surface area contributed by atoms with E-state index in [-0.39, 0.29) is 25.4 Å². The van der Waals surface area contributed by atoms with Gasteiger partial charge in [0.25, 0.3) is 0 Å². The molecule has 0 aliphatic heterocycles. The van der Waals surface area contributed by atoms with Crippen LogP contribution in [-0.2, 0) is 4.79 Å². The maximum Gasteiger partial charge on any atom is 0.392 e. The van der Waals surface area contributed by atoms with Gasteiger partial charge in [0.05, 0.1) is 11.3 Å². The number of rotatable bonds is 6. The monoisotopic (exact) mass is 308 g/mol. The van der Waals surface area contributed by atoms with Crippen LogP contribution in [0.5, 0.6) is 0 Å². The van der Waals surface area contributed by atoms with Gasteiger partial charge in [0.1, 0.15) is 0 Å². The highest BCUT2D eigenvalue weighted by atomic mass is 19.4. The standard InChI is InChI=1S/C15H27F3N2O/c1-3-14(4-2,10-19)13(21)20-9-11-7-5-6-8-12(11)15(16,17)18/h11-12H,3-10,19H2,1-2H3,(H,20,21). The van der Waals surface area contributed by atoms with Crippen molar-refractivity contribution in [3.05, 3.63) is 0 Å². The maximum atomic E-state index is 13.0. The summed E-state index contributed by atoms with van der Waals surface area (Å²) >= 11 is 0. The number of alkyl halides is 3. The lowest BCUT2D eigenvalue weighted by Gasteiger charge is -2.35. The van der Waals surface area contributed by atoms with Gasteiger partial charge in [-0.2, -0.15) is 13.2 Å². The first-order chi connectivity index (χ1) is 9.80. The summed E-state index contributed by atoms with van der Waals surface area (Å²) in [5.41, 5.74) is 5.04. The van der Waals surface area contributed by atoms with E-state index < -0.39 is 23.4 Å². The minimum atomic E-state index is -4.17. The van der Waals surface area contributed by atoms with Crippen LogP contribution in [0.25, 0.3) is 0 Å². The lowest BCUT2D eigenvalue weighted by Crippen LogP contribution is -2.48. The molecular weight excluding hydrogens is 281 g/mol. The normalized spacial score (nSPS) is 23.9. The van der Waals surface area contributed by atoms with Crippen molar-refractivity contribution in [3.63, 3.8) is 0 Å². The third kappa shape index (κ3) is 4.34. The fourth-order valence-corrected chi connectivity index (χ4v) is 3.25. The van der Waals surface area contributed by atoms with Gasteiger partial charge < -0.3 is 11.1 Å². The summed E-state index contributed by atoms with van der Waals surface area (Å²) in [7, 11) is 0. The minimum Gasteiger partial charge on any atom is -0.355 e. The molecule has 1 aliphatic carbocycles. The van der Waals surface area contributed by atoms with Gasteiger partial charge in [-0.05, 0) is 31.6 Å². The molecule has 3 nitrogen and oxygen atoms in total. The lowest BCUT2D eigenvalue weighted by molar-refractivity contribution is -0.196. The molecule has 124 valence electrons. The van der Waals surface area contributed by atoms with Crippen LogP contribution in [0.4, 0.5) is 13.2 Å². The van der Waals surface area contributed by atoms with E-state index in [9.17, 15) is 18.0 Å². The number of hydrogen-bond acceptors (Lipinski definition) is 2. The quantitative estimate of drug-likeness (QED) is 0.791. The van der Waals surface area contributed by atoms with E-state index in [0.717, 1.165) is 6.42 Å². The Morgan fingerprint density at radius 3 is 2.24 bits per heavy atom. The van der Waals surface area contributed by atoms with Crippen LogP contribution in [0, 0.1) is 17.3 Å². The van der Waals surface area contributed by atoms with Crippen molar-refractivity contribution in [1.82, 2.24) is 5.32 Å². The molecule has 2 unspecified atom stereocenters. The predicted octanol–water partition coefficient (Wildman–Crippen LogP) is 3.24. The van der Waals surface area contributed by atoms with Gasteiger partial charge in [-0.25, -0.2) is 0 Å². The zero-order valence-corrected chi connectivity index (χ0v) is 12.9. The average Bonchev–Trinajstić information content (AvgIpc) is 2.47. The third-order valence-corrected chi connectivity index (χ3v) is 5.08. The summed E-state index contributed by atoms with van der Waals surface area (Å²) in [5, 5.41) is 2.73. The molecule has 0 aromatic heterocycles. The Morgan fingerprint density at radius 1 is 1.19 bits per heavy atom. The number of amides is 1. The van der Waals surface area contributed by atoms with Crippen molar-refractivity contribution in [3.8, 4) is 0 Å². The largest absolute Gasteiger partial charge is 0.392 e. The van der Waals surface area contributed by atoms with Crippen molar-refractivity contribution in [2.45, 2.75) is 58.5 Å². The Balaban J connectivity index is 2.66. The molecule has 6 heteroatoms. The van der Waals surface area contributed by atoms with Crippen LogP contribution >= 0.6 is 0 Å². The smallest absolute Gasteiger partial charge is 0.355 e. The molecule has 1 rings (SSSR count). The van der Waals surface area contributed by atoms with E-state index in [1.54, 1.807) is 0 Å². The predicted molar refractivity (Wildman–Crippen MR) is 76.6 cm³/mol. The van der Waals surface area contributed by atoms with E-state index in [4.69, 9.17) is 5.73 Å². The number of nitrogens with two attached hydrogens (primary N) is 1. The van der Waals surface area contributed by atoms with Crippen molar-refractivity contribution in [2.24, 2.45) is 23.0 Å². The van der Waals surface area contributed by atoms with Gasteiger partial charge >= 0.3 is 6.18 Å². The van der Waals surface area contributed by atoms with E-state index in [1.165, 1.54) is 0 Å². The number of carbonyl (C=O) groups is 1. The summed E-state index contributed by atoms with van der Waals surface area (Å²) in [5.74, 6) is -2.00. The van der Waals surface area contributed by atoms with Gasteiger partial charge in [0, 0.05) is 13.1 Å². The number of hydrogen-bond donors (Lipinski definition) is 2. The zero-order chi connectivity index (χ0) is 16.1. The molecule has 1 saturated carbocycles. The Labute approximate surface area is 124 Å². The average molecular weight is 308 g/mol. The highest BCUT2D eigenvalue weighted by molar-refractivity contribution is 5.82. The molecule has 2 atom stereocenters. The van der Waals surface area contributed by atoms with Crippen LogP contribution in [0.1, 0.15) is 52.4 Å². The van der Waals surface area contributed by atoms with E-state index >= 15 is 0 Å². The maximum absolute atomic E-state index is 13.0. The first-order valence-corrected chi connectivity index (χ1v) is 7.85. The molecule has 0 aromatic rings. The molecule has 1 aliphatic rings.